The van der Waals surface area contributed by atoms with Gasteiger partial charge in [0.1, 0.15) is 11.4 Å². The quantitative estimate of drug-likeness (QED) is 0.147. The number of carbonyl (C=O) groups excluding carboxylic acids is 3. The third kappa shape index (κ3) is 11.2. The predicted molar refractivity (Wildman–Crippen MR) is 206 cm³/mol. The van der Waals surface area contributed by atoms with Gasteiger partial charge in [0.25, 0.3) is 0 Å². The molecule has 1 aliphatic heterocycles. The summed E-state index contributed by atoms with van der Waals surface area (Å²) in [5, 5.41) is 25.6. The lowest BCUT2D eigenvalue weighted by Crippen LogP contribution is -2.53. The van der Waals surface area contributed by atoms with Crippen LogP contribution in [0.15, 0.2) is 48.5 Å². The fourth-order valence-electron chi connectivity index (χ4n) is 6.81. The molecule has 0 saturated heterocycles. The number of hydrogen-bond donors (Lipinski definition) is 4. The molecule has 1 atom stereocenters. The van der Waals surface area contributed by atoms with E-state index in [9.17, 15) is 19.5 Å². The molecule has 0 bridgehead atoms. The van der Waals surface area contributed by atoms with Crippen LogP contribution in [0.4, 0.5) is 5.69 Å². The molecule has 5 N–H and O–H groups in total. The molecule has 2 heterocycles. The number of aromatic nitrogens is 3. The van der Waals surface area contributed by atoms with Gasteiger partial charge in [0, 0.05) is 60.7 Å². The van der Waals surface area contributed by atoms with Crippen LogP contribution in [0, 0.1) is 5.41 Å². The lowest BCUT2D eigenvalue weighted by Gasteiger charge is -2.36. The monoisotopic (exact) mass is 733 g/mol. The molecule has 2 aromatic carbocycles. The number of benzene rings is 2. The lowest BCUT2D eigenvalue weighted by molar-refractivity contribution is -0.133. The Morgan fingerprint density at radius 3 is 2.28 bits per heavy atom. The second-order valence-electron chi connectivity index (χ2n) is 16.7. The van der Waals surface area contributed by atoms with Gasteiger partial charge in [0.2, 0.25) is 17.7 Å². The van der Waals surface area contributed by atoms with E-state index in [0.29, 0.717) is 55.1 Å². The van der Waals surface area contributed by atoms with Crippen LogP contribution < -0.4 is 21.3 Å². The molecule has 290 valence electrons. The van der Waals surface area contributed by atoms with Gasteiger partial charge < -0.3 is 35.8 Å². The van der Waals surface area contributed by atoms with Gasteiger partial charge in [-0.15, -0.1) is 5.10 Å². The van der Waals surface area contributed by atoms with E-state index in [-0.39, 0.29) is 43.7 Å². The van der Waals surface area contributed by atoms with E-state index in [1.54, 1.807) is 4.90 Å². The van der Waals surface area contributed by atoms with E-state index in [4.69, 9.17) is 15.2 Å². The highest BCUT2D eigenvalue weighted by atomic mass is 16.5. The third-order valence-electron chi connectivity index (χ3n) is 9.44. The number of hydrogen-bond acceptors (Lipinski definition) is 9. The standard InChI is InChI=1S/C40H59N7O6/c1-37(2,36(51)43-39(5,6)26-38(3,4)41)21-23-53-40(7,8)20-22-42-31(48)18-19-32(49)46-24-27-14-10-11-15-28(27)35-34(29-16-12-13-17-30(29)46)44-45-47(35)33(50)25-52-9/h10-17,33,50H,18-26,41H2,1-9H3,(H,42,48)(H,43,51). The Hall–Kier alpha value is -4.17. The highest BCUT2D eigenvalue weighted by Gasteiger charge is 2.35. The molecule has 1 aliphatic rings. The number of para-hydroxylation sites is 1. The summed E-state index contributed by atoms with van der Waals surface area (Å²) in [6.45, 7) is 16.6. The Labute approximate surface area is 314 Å². The summed E-state index contributed by atoms with van der Waals surface area (Å²) < 4.78 is 12.8. The number of nitrogens with zero attached hydrogens (tertiary/aromatic N) is 4. The minimum absolute atomic E-state index is 0.00502. The number of amides is 3. The Morgan fingerprint density at radius 2 is 1.60 bits per heavy atom. The molecule has 0 saturated carbocycles. The minimum Gasteiger partial charge on any atom is -0.380 e. The van der Waals surface area contributed by atoms with Gasteiger partial charge in [-0.2, -0.15) is 0 Å². The number of aliphatic hydroxyl groups is 1. The predicted octanol–water partition coefficient (Wildman–Crippen LogP) is 5.12. The molecular formula is C40H59N7O6. The first-order valence-electron chi connectivity index (χ1n) is 18.4. The molecule has 1 unspecified atom stereocenters. The lowest BCUT2D eigenvalue weighted by atomic mass is 9.84. The molecule has 0 spiro atoms. The normalized spacial score (nSPS) is 14.0. The van der Waals surface area contributed by atoms with Crippen molar-refractivity contribution in [3.8, 4) is 22.5 Å². The van der Waals surface area contributed by atoms with E-state index in [1.165, 1.54) is 11.8 Å². The van der Waals surface area contributed by atoms with Crippen molar-refractivity contribution in [2.24, 2.45) is 11.1 Å². The van der Waals surface area contributed by atoms with Crippen LogP contribution in [0.1, 0.15) is 99.3 Å². The van der Waals surface area contributed by atoms with Gasteiger partial charge in [0.05, 0.1) is 24.4 Å². The van der Waals surface area contributed by atoms with E-state index < -0.39 is 28.3 Å². The molecule has 13 heteroatoms. The Balaban J connectivity index is 1.33. The smallest absolute Gasteiger partial charge is 0.227 e. The average molecular weight is 734 g/mol. The summed E-state index contributed by atoms with van der Waals surface area (Å²) in [6.07, 6.45) is 0.689. The largest absolute Gasteiger partial charge is 0.380 e. The highest BCUT2D eigenvalue weighted by Crippen LogP contribution is 2.41. The van der Waals surface area contributed by atoms with E-state index in [1.807, 2.05) is 104 Å². The van der Waals surface area contributed by atoms with Crippen molar-refractivity contribution in [2.45, 2.75) is 117 Å². The third-order valence-corrected chi connectivity index (χ3v) is 9.44. The van der Waals surface area contributed by atoms with Crippen LogP contribution in [0.2, 0.25) is 0 Å². The average Bonchev–Trinajstić information content (AvgIpc) is 3.48. The summed E-state index contributed by atoms with van der Waals surface area (Å²) >= 11 is 0. The van der Waals surface area contributed by atoms with Crippen molar-refractivity contribution in [1.29, 1.82) is 0 Å². The molecule has 1 aromatic heterocycles. The first kappa shape index (κ1) is 41.6. The number of fused-ring (bicyclic) bond motifs is 5. The molecule has 0 aliphatic carbocycles. The number of aliphatic hydroxyl groups excluding tert-OH is 1. The molecule has 13 nitrogen and oxygen atoms in total. The molecule has 0 fully saturated rings. The summed E-state index contributed by atoms with van der Waals surface area (Å²) in [5.74, 6) is -0.481. The SMILES string of the molecule is COCC(O)n1nnc2c1-c1ccccc1CN(C(=O)CCC(=O)NCCC(C)(C)OCCC(C)(C)C(=O)NC(C)(C)CC(C)(C)N)c1ccccc1-2. The molecular weight excluding hydrogens is 674 g/mol. The van der Waals surface area contributed by atoms with Crippen molar-refractivity contribution < 1.29 is 29.0 Å². The second kappa shape index (κ2) is 16.9. The van der Waals surface area contributed by atoms with Crippen LogP contribution >= 0.6 is 0 Å². The number of rotatable bonds is 17. The van der Waals surface area contributed by atoms with Crippen molar-refractivity contribution in [3.63, 3.8) is 0 Å². The number of anilines is 1. The van der Waals surface area contributed by atoms with Crippen molar-refractivity contribution in [2.75, 3.05) is 31.8 Å². The van der Waals surface area contributed by atoms with Gasteiger partial charge in [-0.25, -0.2) is 4.68 Å². The summed E-state index contributed by atoms with van der Waals surface area (Å²) in [4.78, 5) is 41.6. The van der Waals surface area contributed by atoms with E-state index >= 15 is 0 Å². The Bertz CT molecular complexity index is 1740. The van der Waals surface area contributed by atoms with Crippen molar-refractivity contribution in [3.05, 3.63) is 54.1 Å². The zero-order chi connectivity index (χ0) is 39.2. The van der Waals surface area contributed by atoms with Gasteiger partial charge in [-0.1, -0.05) is 61.5 Å². The van der Waals surface area contributed by atoms with Crippen LogP contribution in [0.25, 0.3) is 22.5 Å². The number of carbonyl (C=O) groups is 3. The minimum atomic E-state index is -1.05. The van der Waals surface area contributed by atoms with Gasteiger partial charge >= 0.3 is 0 Å². The number of nitrogens with one attached hydrogen (secondary N) is 2. The second-order valence-corrected chi connectivity index (χ2v) is 16.7. The maximum absolute atomic E-state index is 13.9. The molecule has 4 rings (SSSR count). The maximum atomic E-state index is 13.9. The fourth-order valence-corrected chi connectivity index (χ4v) is 6.81. The number of ether oxygens (including phenoxy) is 2. The van der Waals surface area contributed by atoms with Gasteiger partial charge in [-0.05, 0) is 72.4 Å². The maximum Gasteiger partial charge on any atom is 0.227 e. The van der Waals surface area contributed by atoms with E-state index in [2.05, 4.69) is 20.9 Å². The highest BCUT2D eigenvalue weighted by molar-refractivity contribution is 6.01. The molecule has 3 amide bonds. The van der Waals surface area contributed by atoms with Gasteiger partial charge in [0.15, 0.2) is 6.23 Å². The fraction of sp³-hybridized carbons (Fsp3) is 0.575. The van der Waals surface area contributed by atoms with E-state index in [0.717, 1.165) is 11.1 Å². The zero-order valence-corrected chi connectivity index (χ0v) is 32.9. The Morgan fingerprint density at radius 1 is 0.943 bits per heavy atom. The first-order valence-corrected chi connectivity index (χ1v) is 18.4. The summed E-state index contributed by atoms with van der Waals surface area (Å²) in [6, 6.07) is 15.1. The zero-order valence-electron chi connectivity index (χ0n) is 32.9. The van der Waals surface area contributed by atoms with Crippen LogP contribution in [0.3, 0.4) is 0 Å². The first-order chi connectivity index (χ1) is 24.7. The van der Waals surface area contributed by atoms with Crippen molar-refractivity contribution in [1.82, 2.24) is 25.6 Å². The molecule has 3 aromatic rings. The topological polar surface area (TPSA) is 174 Å². The molecule has 0 radical (unpaired) electrons. The van der Waals surface area contributed by atoms with Crippen molar-refractivity contribution >= 4 is 23.4 Å². The molecule has 53 heavy (non-hydrogen) atoms. The summed E-state index contributed by atoms with van der Waals surface area (Å²) in [7, 11) is 1.51. The van der Waals surface area contributed by atoms with Crippen LogP contribution in [0.5, 0.6) is 0 Å². The summed E-state index contributed by atoms with van der Waals surface area (Å²) in [5.41, 5.74) is 8.30. The van der Waals surface area contributed by atoms with Crippen LogP contribution in [-0.2, 0) is 30.4 Å². The Kier molecular flexibility index (Phi) is 13.2. The number of methoxy groups -OCH3 is 1. The van der Waals surface area contributed by atoms with Gasteiger partial charge in [-0.3, -0.25) is 14.4 Å². The number of nitrogens with two attached hydrogens (primary N) is 1. The van der Waals surface area contributed by atoms with Crippen LogP contribution in [-0.4, -0.2) is 81.4 Å².